The predicted molar refractivity (Wildman–Crippen MR) is 78.8 cm³/mol. The first kappa shape index (κ1) is 18.2. The van der Waals surface area contributed by atoms with Crippen LogP contribution in [0.1, 0.15) is 21.9 Å². The van der Waals surface area contributed by atoms with Gasteiger partial charge in [-0.3, -0.25) is 4.79 Å². The van der Waals surface area contributed by atoms with Gasteiger partial charge in [0.2, 0.25) is 0 Å². The molecule has 0 aliphatic heterocycles. The number of rotatable bonds is 9. The molecule has 0 saturated carbocycles. The van der Waals surface area contributed by atoms with E-state index < -0.39 is 5.97 Å². The maximum atomic E-state index is 12.1. The molecule has 1 rings (SSSR count). The first-order chi connectivity index (χ1) is 10.5. The zero-order chi connectivity index (χ0) is 16.5. The number of ether oxygens (including phenoxy) is 3. The van der Waals surface area contributed by atoms with Crippen LogP contribution in [0.3, 0.4) is 0 Å². The zero-order valence-corrected chi connectivity index (χ0v) is 13.5. The highest BCUT2D eigenvalue weighted by molar-refractivity contribution is 5.92. The summed E-state index contributed by atoms with van der Waals surface area (Å²) in [4.78, 5) is 25.6. The number of nitrogens with zero attached hydrogens (tertiary/aromatic N) is 1. The van der Waals surface area contributed by atoms with Gasteiger partial charge in [0, 0.05) is 27.3 Å². The van der Waals surface area contributed by atoms with Crippen LogP contribution in [0.4, 0.5) is 0 Å². The van der Waals surface area contributed by atoms with Crippen molar-refractivity contribution >= 4 is 11.9 Å². The Labute approximate surface area is 130 Å². The molecule has 0 aliphatic carbocycles. The van der Waals surface area contributed by atoms with Crippen molar-refractivity contribution in [3.63, 3.8) is 0 Å². The Balaban J connectivity index is 2.54. The molecule has 0 atom stereocenters. The first-order valence-electron chi connectivity index (χ1n) is 6.99. The van der Waals surface area contributed by atoms with E-state index in [1.807, 2.05) is 0 Å². The number of amides is 1. The highest BCUT2D eigenvalue weighted by Gasteiger charge is 2.19. The number of methoxy groups -OCH3 is 2. The lowest BCUT2D eigenvalue weighted by atomic mass is 10.2. The third kappa shape index (κ3) is 5.50. The van der Waals surface area contributed by atoms with Gasteiger partial charge in [-0.05, 0) is 19.9 Å². The summed E-state index contributed by atoms with van der Waals surface area (Å²) in [6.07, 6.45) is 0. The van der Waals surface area contributed by atoms with Gasteiger partial charge in [0.15, 0.2) is 6.61 Å². The minimum atomic E-state index is -0.568. The number of aryl methyl sites for hydroxylation is 2. The average molecular weight is 313 g/mol. The van der Waals surface area contributed by atoms with E-state index in [1.165, 1.54) is 4.90 Å². The highest BCUT2D eigenvalue weighted by atomic mass is 16.5. The van der Waals surface area contributed by atoms with Gasteiger partial charge in [0.05, 0.1) is 13.2 Å². The summed E-state index contributed by atoms with van der Waals surface area (Å²) < 4.78 is 20.2. The highest BCUT2D eigenvalue weighted by Crippen LogP contribution is 2.14. The molecule has 1 aromatic heterocycles. The van der Waals surface area contributed by atoms with E-state index in [0.29, 0.717) is 43.4 Å². The summed E-state index contributed by atoms with van der Waals surface area (Å²) in [6.45, 7) is 4.74. The fourth-order valence-corrected chi connectivity index (χ4v) is 1.89. The molecule has 0 aromatic carbocycles. The molecule has 124 valence electrons. The van der Waals surface area contributed by atoms with Crippen molar-refractivity contribution in [2.75, 3.05) is 47.1 Å². The Hall–Kier alpha value is -1.86. The quantitative estimate of drug-likeness (QED) is 0.637. The minimum absolute atomic E-state index is 0.291. The Morgan fingerprint density at radius 1 is 1.14 bits per heavy atom. The van der Waals surface area contributed by atoms with Gasteiger partial charge >= 0.3 is 5.97 Å². The molecule has 7 heteroatoms. The maximum Gasteiger partial charge on any atom is 0.342 e. The Morgan fingerprint density at radius 2 is 1.73 bits per heavy atom. The number of carbonyl (C=O) groups excluding carboxylic acids is 2. The van der Waals surface area contributed by atoms with Crippen molar-refractivity contribution in [3.05, 3.63) is 23.2 Å². The summed E-state index contributed by atoms with van der Waals surface area (Å²) in [5.74, 6) is 0.240. The third-order valence-electron chi connectivity index (χ3n) is 3.07. The predicted octanol–water partition coefficient (Wildman–Crippen LogP) is 1.17. The standard InChI is InChI=1S/C15H23NO6/c1-11-9-13(12(2)22-11)15(18)21-10-14(17)16(5-7-19-3)6-8-20-4/h9H,5-8,10H2,1-4H3. The van der Waals surface area contributed by atoms with Crippen molar-refractivity contribution in [3.8, 4) is 0 Å². The molecular formula is C15H23NO6. The maximum absolute atomic E-state index is 12.1. The van der Waals surface area contributed by atoms with Gasteiger partial charge in [0.1, 0.15) is 17.1 Å². The second-order valence-electron chi connectivity index (χ2n) is 4.77. The molecule has 22 heavy (non-hydrogen) atoms. The van der Waals surface area contributed by atoms with E-state index in [9.17, 15) is 9.59 Å². The fourth-order valence-electron chi connectivity index (χ4n) is 1.89. The van der Waals surface area contributed by atoms with E-state index in [0.717, 1.165) is 0 Å². The minimum Gasteiger partial charge on any atom is -0.466 e. The van der Waals surface area contributed by atoms with Crippen molar-refractivity contribution in [1.82, 2.24) is 4.90 Å². The van der Waals surface area contributed by atoms with Gasteiger partial charge in [-0.15, -0.1) is 0 Å². The number of hydrogen-bond acceptors (Lipinski definition) is 6. The summed E-state index contributed by atoms with van der Waals surface area (Å²) in [5, 5.41) is 0. The van der Waals surface area contributed by atoms with Crippen LogP contribution < -0.4 is 0 Å². The van der Waals surface area contributed by atoms with Crippen LogP contribution in [0.2, 0.25) is 0 Å². The van der Waals surface area contributed by atoms with Gasteiger partial charge in [-0.1, -0.05) is 0 Å². The van der Waals surface area contributed by atoms with Gasteiger partial charge in [-0.2, -0.15) is 0 Å². The molecule has 0 spiro atoms. The largest absolute Gasteiger partial charge is 0.466 e. The van der Waals surface area contributed by atoms with E-state index in [4.69, 9.17) is 18.6 Å². The second-order valence-corrected chi connectivity index (χ2v) is 4.77. The van der Waals surface area contributed by atoms with Crippen molar-refractivity contribution in [2.24, 2.45) is 0 Å². The molecule has 1 heterocycles. The lowest BCUT2D eigenvalue weighted by Gasteiger charge is -2.21. The topological polar surface area (TPSA) is 78.2 Å². The van der Waals surface area contributed by atoms with Crippen LogP contribution >= 0.6 is 0 Å². The zero-order valence-electron chi connectivity index (χ0n) is 13.5. The second kappa shape index (κ2) is 9.22. The monoisotopic (exact) mass is 313 g/mol. The Bertz CT molecular complexity index is 488. The molecule has 1 aromatic rings. The van der Waals surface area contributed by atoms with E-state index in [-0.39, 0.29) is 12.5 Å². The van der Waals surface area contributed by atoms with Crippen molar-refractivity contribution in [1.29, 1.82) is 0 Å². The molecule has 0 saturated heterocycles. The SMILES string of the molecule is COCCN(CCOC)C(=O)COC(=O)c1cc(C)oc1C. The molecule has 1 amide bonds. The number of esters is 1. The first-order valence-corrected chi connectivity index (χ1v) is 6.99. The summed E-state index contributed by atoms with van der Waals surface area (Å²) >= 11 is 0. The molecular weight excluding hydrogens is 290 g/mol. The summed E-state index contributed by atoms with van der Waals surface area (Å²) in [6, 6.07) is 1.59. The molecule has 0 fully saturated rings. The number of hydrogen-bond donors (Lipinski definition) is 0. The molecule has 0 unspecified atom stereocenters. The Morgan fingerprint density at radius 3 is 2.18 bits per heavy atom. The lowest BCUT2D eigenvalue weighted by Crippen LogP contribution is -2.39. The lowest BCUT2D eigenvalue weighted by molar-refractivity contribution is -0.135. The molecule has 7 nitrogen and oxygen atoms in total. The van der Waals surface area contributed by atoms with Gasteiger partial charge in [-0.25, -0.2) is 4.79 Å². The molecule has 0 radical (unpaired) electrons. The fraction of sp³-hybridized carbons (Fsp3) is 0.600. The van der Waals surface area contributed by atoms with E-state index in [1.54, 1.807) is 34.1 Å². The number of carbonyl (C=O) groups is 2. The van der Waals surface area contributed by atoms with E-state index in [2.05, 4.69) is 0 Å². The van der Waals surface area contributed by atoms with Crippen LogP contribution in [-0.2, 0) is 19.0 Å². The van der Waals surface area contributed by atoms with Crippen LogP contribution in [0, 0.1) is 13.8 Å². The number of furan rings is 1. The Kier molecular flexibility index (Phi) is 7.62. The third-order valence-corrected chi connectivity index (χ3v) is 3.07. The van der Waals surface area contributed by atoms with Crippen molar-refractivity contribution in [2.45, 2.75) is 13.8 Å². The average Bonchev–Trinajstić information content (AvgIpc) is 2.83. The van der Waals surface area contributed by atoms with Crippen LogP contribution in [0.15, 0.2) is 10.5 Å². The smallest absolute Gasteiger partial charge is 0.342 e. The summed E-state index contributed by atoms with van der Waals surface area (Å²) in [7, 11) is 3.12. The molecule has 0 N–H and O–H groups in total. The molecule has 0 bridgehead atoms. The van der Waals surface area contributed by atoms with Crippen LogP contribution in [0.25, 0.3) is 0 Å². The summed E-state index contributed by atoms with van der Waals surface area (Å²) in [5.41, 5.74) is 0.339. The van der Waals surface area contributed by atoms with Crippen LogP contribution in [0.5, 0.6) is 0 Å². The van der Waals surface area contributed by atoms with Gasteiger partial charge in [0.25, 0.3) is 5.91 Å². The normalized spacial score (nSPS) is 10.5. The van der Waals surface area contributed by atoms with Crippen molar-refractivity contribution < 1.29 is 28.2 Å². The van der Waals surface area contributed by atoms with Crippen LogP contribution in [-0.4, -0.2) is 63.9 Å². The van der Waals surface area contributed by atoms with E-state index >= 15 is 0 Å². The molecule has 0 aliphatic rings. The van der Waals surface area contributed by atoms with Gasteiger partial charge < -0.3 is 23.5 Å².